The molecule has 0 radical (unpaired) electrons. The molecule has 1 atom stereocenters. The van der Waals surface area contributed by atoms with Crippen LogP contribution < -0.4 is 20.8 Å². The lowest BCUT2D eigenvalue weighted by atomic mass is 10.1. The van der Waals surface area contributed by atoms with Crippen LogP contribution in [0.15, 0.2) is 90.0 Å². The van der Waals surface area contributed by atoms with Gasteiger partial charge in [0.15, 0.2) is 6.61 Å². The van der Waals surface area contributed by atoms with E-state index in [4.69, 9.17) is 4.74 Å². The zero-order chi connectivity index (χ0) is 24.2. The van der Waals surface area contributed by atoms with Gasteiger partial charge in [0.2, 0.25) is 0 Å². The summed E-state index contributed by atoms with van der Waals surface area (Å²) in [6.45, 7) is 2.13. The Bertz CT molecular complexity index is 1120. The van der Waals surface area contributed by atoms with Crippen molar-refractivity contribution < 1.29 is 19.1 Å². The molecule has 3 N–H and O–H groups in total. The molecule has 3 rings (SSSR count). The molecule has 3 aromatic carbocycles. The van der Waals surface area contributed by atoms with E-state index in [0.29, 0.717) is 17.9 Å². The van der Waals surface area contributed by atoms with Crippen LogP contribution in [0, 0.1) is 0 Å². The SMILES string of the molecule is C[C@@H](NC(=O)C(=O)N/N=C\c1ccc(OCC(=O)NCc2ccccc2)cc1)c1ccccc1. The first-order valence-corrected chi connectivity index (χ1v) is 10.7. The minimum Gasteiger partial charge on any atom is -0.484 e. The van der Waals surface area contributed by atoms with E-state index in [9.17, 15) is 14.4 Å². The highest BCUT2D eigenvalue weighted by Crippen LogP contribution is 2.12. The Kier molecular flexibility index (Phi) is 8.92. The Balaban J connectivity index is 1.38. The minimum atomic E-state index is -0.861. The molecule has 0 fully saturated rings. The first kappa shape index (κ1) is 24.2. The zero-order valence-corrected chi connectivity index (χ0v) is 18.7. The summed E-state index contributed by atoms with van der Waals surface area (Å²) in [5, 5.41) is 9.22. The van der Waals surface area contributed by atoms with E-state index in [1.165, 1.54) is 6.21 Å². The number of ether oxygens (including phenoxy) is 1. The van der Waals surface area contributed by atoms with Crippen molar-refractivity contribution in [2.24, 2.45) is 5.10 Å². The van der Waals surface area contributed by atoms with Crippen molar-refractivity contribution in [1.29, 1.82) is 0 Å². The third-order valence-electron chi connectivity index (χ3n) is 4.82. The van der Waals surface area contributed by atoms with Crippen molar-refractivity contribution in [3.05, 3.63) is 102 Å². The van der Waals surface area contributed by atoms with Crippen LogP contribution >= 0.6 is 0 Å². The average molecular weight is 459 g/mol. The molecule has 0 spiro atoms. The van der Waals surface area contributed by atoms with Crippen LogP contribution in [-0.2, 0) is 20.9 Å². The predicted molar refractivity (Wildman–Crippen MR) is 129 cm³/mol. The van der Waals surface area contributed by atoms with Gasteiger partial charge in [-0.25, -0.2) is 5.43 Å². The van der Waals surface area contributed by atoms with Crippen LogP contribution in [0.5, 0.6) is 5.75 Å². The van der Waals surface area contributed by atoms with Crippen molar-refractivity contribution >= 4 is 23.9 Å². The maximum Gasteiger partial charge on any atom is 0.329 e. The van der Waals surface area contributed by atoms with Gasteiger partial charge < -0.3 is 15.4 Å². The Labute approximate surface area is 198 Å². The van der Waals surface area contributed by atoms with E-state index < -0.39 is 11.8 Å². The van der Waals surface area contributed by atoms with Gasteiger partial charge in [0.25, 0.3) is 5.91 Å². The van der Waals surface area contributed by atoms with Crippen LogP contribution in [0.1, 0.15) is 29.7 Å². The lowest BCUT2D eigenvalue weighted by Gasteiger charge is -2.13. The average Bonchev–Trinajstić information content (AvgIpc) is 2.88. The first-order valence-electron chi connectivity index (χ1n) is 10.7. The molecule has 0 aromatic heterocycles. The molecule has 174 valence electrons. The summed E-state index contributed by atoms with van der Waals surface area (Å²) < 4.78 is 5.48. The number of nitrogens with one attached hydrogen (secondary N) is 3. The lowest BCUT2D eigenvalue weighted by Crippen LogP contribution is -2.39. The van der Waals surface area contributed by atoms with Crippen molar-refractivity contribution in [3.8, 4) is 5.75 Å². The minimum absolute atomic E-state index is 0.104. The molecule has 0 aliphatic carbocycles. The highest BCUT2D eigenvalue weighted by atomic mass is 16.5. The third kappa shape index (κ3) is 7.90. The topological polar surface area (TPSA) is 109 Å². The fraction of sp³-hybridized carbons (Fsp3) is 0.154. The van der Waals surface area contributed by atoms with Gasteiger partial charge in [-0.1, -0.05) is 60.7 Å². The number of rotatable bonds is 9. The Hall–Kier alpha value is -4.46. The number of nitrogens with zero attached hydrogens (tertiary/aromatic N) is 1. The Morgan fingerprint density at radius 1 is 0.882 bits per heavy atom. The molecule has 0 saturated heterocycles. The number of hydrazone groups is 1. The van der Waals surface area contributed by atoms with E-state index in [2.05, 4.69) is 21.2 Å². The molecule has 34 heavy (non-hydrogen) atoms. The molecule has 0 aliphatic rings. The highest BCUT2D eigenvalue weighted by molar-refractivity contribution is 6.35. The largest absolute Gasteiger partial charge is 0.484 e. The van der Waals surface area contributed by atoms with Gasteiger partial charge in [0.05, 0.1) is 12.3 Å². The van der Waals surface area contributed by atoms with Gasteiger partial charge in [-0.05, 0) is 47.9 Å². The lowest BCUT2D eigenvalue weighted by molar-refractivity contribution is -0.139. The van der Waals surface area contributed by atoms with Gasteiger partial charge in [-0.2, -0.15) is 5.10 Å². The van der Waals surface area contributed by atoms with Gasteiger partial charge in [-0.15, -0.1) is 0 Å². The standard InChI is InChI=1S/C26H26N4O4/c1-19(22-10-6-3-7-11-22)29-25(32)26(33)30-28-17-21-12-14-23(15-13-21)34-18-24(31)27-16-20-8-4-2-5-9-20/h2-15,17,19H,16,18H2,1H3,(H,27,31)(H,29,32)(H,30,33)/b28-17-/t19-/m1/s1. The number of amides is 3. The predicted octanol–water partition coefficient (Wildman–Crippen LogP) is 2.71. The number of carbonyl (C=O) groups is 3. The van der Waals surface area contributed by atoms with E-state index in [0.717, 1.165) is 11.1 Å². The summed E-state index contributed by atoms with van der Waals surface area (Å²) in [4.78, 5) is 35.9. The van der Waals surface area contributed by atoms with Crippen molar-refractivity contribution in [2.45, 2.75) is 19.5 Å². The summed E-state index contributed by atoms with van der Waals surface area (Å²) in [5.41, 5.74) is 4.78. The van der Waals surface area contributed by atoms with Gasteiger partial charge in [0.1, 0.15) is 5.75 Å². The fourth-order valence-corrected chi connectivity index (χ4v) is 2.95. The molecule has 0 bridgehead atoms. The summed E-state index contributed by atoms with van der Waals surface area (Å²) >= 11 is 0. The first-order chi connectivity index (χ1) is 16.5. The molecular formula is C26H26N4O4. The van der Waals surface area contributed by atoms with Crippen molar-refractivity contribution in [1.82, 2.24) is 16.1 Å². The Morgan fingerprint density at radius 2 is 1.53 bits per heavy atom. The summed E-state index contributed by atoms with van der Waals surface area (Å²) in [6.07, 6.45) is 1.40. The molecule has 0 saturated carbocycles. The number of carbonyl (C=O) groups excluding carboxylic acids is 3. The number of benzene rings is 3. The second kappa shape index (κ2) is 12.5. The van der Waals surface area contributed by atoms with Crippen molar-refractivity contribution in [3.63, 3.8) is 0 Å². The summed E-state index contributed by atoms with van der Waals surface area (Å²) in [6, 6.07) is 25.4. The molecule has 3 aromatic rings. The molecule has 0 unspecified atom stereocenters. The third-order valence-corrected chi connectivity index (χ3v) is 4.82. The highest BCUT2D eigenvalue weighted by Gasteiger charge is 2.16. The van der Waals surface area contributed by atoms with Gasteiger partial charge >= 0.3 is 11.8 Å². The maximum atomic E-state index is 12.0. The quantitative estimate of drug-likeness (QED) is 0.260. The second-order valence-corrected chi connectivity index (χ2v) is 7.42. The maximum absolute atomic E-state index is 12.0. The van der Waals surface area contributed by atoms with E-state index in [1.807, 2.05) is 60.7 Å². The summed E-state index contributed by atoms with van der Waals surface area (Å²) in [5.74, 6) is -1.34. The normalized spacial score (nSPS) is 11.4. The molecule has 3 amide bonds. The van der Waals surface area contributed by atoms with Crippen LogP contribution in [0.25, 0.3) is 0 Å². The van der Waals surface area contributed by atoms with E-state index in [1.54, 1.807) is 31.2 Å². The van der Waals surface area contributed by atoms with Gasteiger partial charge in [0, 0.05) is 6.54 Å². The zero-order valence-electron chi connectivity index (χ0n) is 18.7. The van der Waals surface area contributed by atoms with E-state index >= 15 is 0 Å². The Morgan fingerprint density at radius 3 is 2.21 bits per heavy atom. The van der Waals surface area contributed by atoms with Crippen LogP contribution in [0.2, 0.25) is 0 Å². The van der Waals surface area contributed by atoms with Crippen LogP contribution in [-0.4, -0.2) is 30.5 Å². The van der Waals surface area contributed by atoms with Gasteiger partial charge in [-0.3, -0.25) is 14.4 Å². The molecule has 8 nitrogen and oxygen atoms in total. The molecular weight excluding hydrogens is 432 g/mol. The van der Waals surface area contributed by atoms with E-state index in [-0.39, 0.29) is 18.6 Å². The van der Waals surface area contributed by atoms with Crippen LogP contribution in [0.4, 0.5) is 0 Å². The fourth-order valence-electron chi connectivity index (χ4n) is 2.95. The smallest absolute Gasteiger partial charge is 0.329 e. The van der Waals surface area contributed by atoms with Crippen molar-refractivity contribution in [2.75, 3.05) is 6.61 Å². The second-order valence-electron chi connectivity index (χ2n) is 7.42. The molecule has 8 heteroatoms. The van der Waals surface area contributed by atoms with Crippen LogP contribution in [0.3, 0.4) is 0 Å². The summed E-state index contributed by atoms with van der Waals surface area (Å²) in [7, 11) is 0. The monoisotopic (exact) mass is 458 g/mol. The number of hydrogen-bond donors (Lipinski definition) is 3. The molecule has 0 heterocycles. The molecule has 0 aliphatic heterocycles. The number of hydrogen-bond acceptors (Lipinski definition) is 5.